The number of carbonyl (C=O) groups is 1. The summed E-state index contributed by atoms with van der Waals surface area (Å²) in [4.78, 5) is 26.4. The fourth-order valence-electron chi connectivity index (χ4n) is 3.07. The first-order valence-electron chi connectivity index (χ1n) is 8.66. The molecule has 0 N–H and O–H groups in total. The lowest BCUT2D eigenvalue weighted by Crippen LogP contribution is -2.46. The average molecular weight is 341 g/mol. The second kappa shape index (κ2) is 7.61. The zero-order chi connectivity index (χ0) is 17.8. The number of amides is 1. The van der Waals surface area contributed by atoms with Gasteiger partial charge < -0.3 is 9.64 Å². The van der Waals surface area contributed by atoms with Crippen LogP contribution in [0.2, 0.25) is 0 Å². The third-order valence-electron chi connectivity index (χ3n) is 4.24. The van der Waals surface area contributed by atoms with Crippen LogP contribution in [0, 0.1) is 0 Å². The smallest absolute Gasteiger partial charge is 0.274 e. The van der Waals surface area contributed by atoms with Crippen LogP contribution in [0.1, 0.15) is 42.4 Å². The van der Waals surface area contributed by atoms with Gasteiger partial charge in [0.2, 0.25) is 0 Å². The summed E-state index contributed by atoms with van der Waals surface area (Å²) >= 11 is 0. The van der Waals surface area contributed by atoms with Crippen LogP contribution in [-0.4, -0.2) is 39.8 Å². The molecule has 25 heavy (non-hydrogen) atoms. The van der Waals surface area contributed by atoms with E-state index in [9.17, 15) is 9.59 Å². The van der Waals surface area contributed by atoms with Gasteiger partial charge >= 0.3 is 0 Å². The van der Waals surface area contributed by atoms with Crippen LogP contribution >= 0.6 is 0 Å². The van der Waals surface area contributed by atoms with Crippen molar-refractivity contribution in [2.75, 3.05) is 13.1 Å². The van der Waals surface area contributed by atoms with Crippen LogP contribution in [0.5, 0.6) is 0 Å². The Morgan fingerprint density at radius 2 is 1.96 bits per heavy atom. The number of morpholine rings is 1. The van der Waals surface area contributed by atoms with E-state index in [0.717, 1.165) is 12.0 Å². The van der Waals surface area contributed by atoms with Crippen molar-refractivity contribution in [3.63, 3.8) is 0 Å². The van der Waals surface area contributed by atoms with E-state index in [1.54, 1.807) is 4.90 Å². The van der Waals surface area contributed by atoms with Crippen LogP contribution in [0.4, 0.5) is 0 Å². The maximum absolute atomic E-state index is 12.9. The summed E-state index contributed by atoms with van der Waals surface area (Å²) in [6.07, 6.45) is 0.565. The molecule has 132 valence electrons. The SMILES string of the molecule is CCCn1nc(C(=O)N2C[C@@H](C)O[C@H](c3ccccc3)C2)ccc1=O. The van der Waals surface area contributed by atoms with Gasteiger partial charge in [-0.25, -0.2) is 4.68 Å². The lowest BCUT2D eigenvalue weighted by molar-refractivity contribution is -0.0693. The van der Waals surface area contributed by atoms with Gasteiger partial charge in [0.1, 0.15) is 11.8 Å². The molecule has 1 aromatic heterocycles. The van der Waals surface area contributed by atoms with E-state index in [2.05, 4.69) is 5.10 Å². The maximum atomic E-state index is 12.9. The predicted molar refractivity (Wildman–Crippen MR) is 94.4 cm³/mol. The van der Waals surface area contributed by atoms with Crippen molar-refractivity contribution in [2.45, 2.75) is 39.0 Å². The third-order valence-corrected chi connectivity index (χ3v) is 4.24. The first-order valence-corrected chi connectivity index (χ1v) is 8.66. The Bertz CT molecular complexity index is 788. The van der Waals surface area contributed by atoms with Crippen LogP contribution in [0.3, 0.4) is 0 Å². The minimum atomic E-state index is -0.184. The summed E-state index contributed by atoms with van der Waals surface area (Å²) in [5, 5.41) is 4.23. The van der Waals surface area contributed by atoms with E-state index in [-0.39, 0.29) is 23.7 Å². The lowest BCUT2D eigenvalue weighted by atomic mass is 10.1. The number of hydrogen-bond acceptors (Lipinski definition) is 4. The van der Waals surface area contributed by atoms with Crippen molar-refractivity contribution < 1.29 is 9.53 Å². The van der Waals surface area contributed by atoms with Gasteiger partial charge in [0.25, 0.3) is 11.5 Å². The summed E-state index contributed by atoms with van der Waals surface area (Å²) in [5.41, 5.74) is 1.17. The third kappa shape index (κ3) is 3.96. The quantitative estimate of drug-likeness (QED) is 0.856. The van der Waals surface area contributed by atoms with Gasteiger partial charge in [-0.3, -0.25) is 9.59 Å². The molecule has 1 amide bonds. The number of carbonyl (C=O) groups excluding carboxylic acids is 1. The van der Waals surface area contributed by atoms with E-state index in [1.165, 1.54) is 16.8 Å². The number of aromatic nitrogens is 2. The highest BCUT2D eigenvalue weighted by Crippen LogP contribution is 2.25. The van der Waals surface area contributed by atoms with Crippen LogP contribution < -0.4 is 5.56 Å². The standard InChI is InChI=1S/C19H23N3O3/c1-3-11-22-18(23)10-9-16(20-22)19(24)21-12-14(2)25-17(13-21)15-7-5-4-6-8-15/h4-10,14,17H,3,11-13H2,1-2H3/t14-,17+/m1/s1. The number of rotatable bonds is 4. The molecule has 0 aliphatic carbocycles. The second-order valence-corrected chi connectivity index (χ2v) is 6.34. The van der Waals surface area contributed by atoms with Gasteiger partial charge in [0.05, 0.1) is 12.6 Å². The molecule has 1 aromatic carbocycles. The van der Waals surface area contributed by atoms with Gasteiger partial charge in [-0.15, -0.1) is 0 Å². The van der Waals surface area contributed by atoms with Gasteiger partial charge in [0, 0.05) is 19.2 Å². The topological polar surface area (TPSA) is 64.4 Å². The number of aryl methyl sites for hydroxylation is 1. The second-order valence-electron chi connectivity index (χ2n) is 6.34. The van der Waals surface area contributed by atoms with Crippen LogP contribution in [-0.2, 0) is 11.3 Å². The number of benzene rings is 1. The zero-order valence-electron chi connectivity index (χ0n) is 14.6. The van der Waals surface area contributed by atoms with Crippen molar-refractivity contribution in [2.24, 2.45) is 0 Å². The normalized spacial score (nSPS) is 20.5. The van der Waals surface area contributed by atoms with Crippen molar-refractivity contribution in [1.29, 1.82) is 0 Å². The lowest BCUT2D eigenvalue weighted by Gasteiger charge is -2.36. The molecule has 0 unspecified atom stereocenters. The molecule has 1 aliphatic rings. The number of ether oxygens (including phenoxy) is 1. The molecule has 1 aliphatic heterocycles. The highest BCUT2D eigenvalue weighted by atomic mass is 16.5. The molecule has 2 heterocycles. The summed E-state index contributed by atoms with van der Waals surface area (Å²) in [5.74, 6) is -0.166. The molecule has 6 heteroatoms. The largest absolute Gasteiger partial charge is 0.367 e. The van der Waals surface area contributed by atoms with E-state index in [1.807, 2.05) is 44.2 Å². The molecule has 0 radical (unpaired) electrons. The Morgan fingerprint density at radius 1 is 1.20 bits per heavy atom. The van der Waals surface area contributed by atoms with Gasteiger partial charge in [-0.2, -0.15) is 5.10 Å². The predicted octanol–water partition coefficient (Wildman–Crippen LogP) is 2.26. The Labute approximate surface area is 147 Å². The Balaban J connectivity index is 1.81. The number of hydrogen-bond donors (Lipinski definition) is 0. The first kappa shape index (κ1) is 17.4. The maximum Gasteiger partial charge on any atom is 0.274 e. The van der Waals surface area contributed by atoms with Gasteiger partial charge in [-0.1, -0.05) is 37.3 Å². The molecule has 1 fully saturated rings. The minimum Gasteiger partial charge on any atom is -0.367 e. The van der Waals surface area contributed by atoms with Gasteiger partial charge in [0.15, 0.2) is 0 Å². The highest BCUT2D eigenvalue weighted by Gasteiger charge is 2.30. The average Bonchev–Trinajstić information content (AvgIpc) is 2.63. The molecule has 0 spiro atoms. The van der Waals surface area contributed by atoms with E-state index in [4.69, 9.17) is 4.74 Å². The Morgan fingerprint density at radius 3 is 2.68 bits per heavy atom. The fraction of sp³-hybridized carbons (Fsp3) is 0.421. The van der Waals surface area contributed by atoms with Gasteiger partial charge in [-0.05, 0) is 25.0 Å². The molecule has 2 aromatic rings. The molecular weight excluding hydrogens is 318 g/mol. The van der Waals surface area contributed by atoms with E-state index >= 15 is 0 Å². The zero-order valence-corrected chi connectivity index (χ0v) is 14.6. The molecule has 0 bridgehead atoms. The molecule has 3 rings (SSSR count). The van der Waals surface area contributed by atoms with Crippen LogP contribution in [0.25, 0.3) is 0 Å². The van der Waals surface area contributed by atoms with Crippen molar-refractivity contribution >= 4 is 5.91 Å². The molecular formula is C19H23N3O3. The summed E-state index contributed by atoms with van der Waals surface area (Å²) in [7, 11) is 0. The summed E-state index contributed by atoms with van der Waals surface area (Å²) < 4.78 is 7.35. The Kier molecular flexibility index (Phi) is 5.28. The monoisotopic (exact) mass is 341 g/mol. The van der Waals surface area contributed by atoms with Crippen molar-refractivity contribution in [3.8, 4) is 0 Å². The molecule has 0 saturated carbocycles. The molecule has 2 atom stereocenters. The number of nitrogens with zero attached hydrogens (tertiary/aromatic N) is 3. The van der Waals surface area contributed by atoms with Crippen LogP contribution in [0.15, 0.2) is 47.3 Å². The molecule has 6 nitrogen and oxygen atoms in total. The van der Waals surface area contributed by atoms with Crippen molar-refractivity contribution in [1.82, 2.24) is 14.7 Å². The summed E-state index contributed by atoms with van der Waals surface area (Å²) in [6.45, 7) is 5.42. The molecule has 1 saturated heterocycles. The summed E-state index contributed by atoms with van der Waals surface area (Å²) in [6, 6.07) is 12.8. The first-order chi connectivity index (χ1) is 12.1. The van der Waals surface area contributed by atoms with Crippen molar-refractivity contribution in [3.05, 3.63) is 64.1 Å². The van der Waals surface area contributed by atoms with E-state index in [0.29, 0.717) is 25.3 Å². The highest BCUT2D eigenvalue weighted by molar-refractivity contribution is 5.92. The minimum absolute atomic E-state index is 0.0653. The van der Waals surface area contributed by atoms with E-state index < -0.39 is 0 Å². The Hall–Kier alpha value is -2.47. The fourth-order valence-corrected chi connectivity index (χ4v) is 3.07.